The van der Waals surface area contributed by atoms with Gasteiger partial charge >= 0.3 is 5.97 Å². The molecule has 3 aromatic rings. The van der Waals surface area contributed by atoms with Crippen LogP contribution in [0.5, 0.6) is 17.2 Å². The SMILES string of the molecule is C1CCCCC1.C=C.C[C@H]1CCN(S(=O)c2ccc(O)cc2)C1.O=C(O)Cc1[nH]nc2cc3c(cc12)OCO3. The Hall–Kier alpha value is -3.37. The average Bonchev–Trinajstić information content (AvgIpc) is 3.70. The fourth-order valence-electron chi connectivity index (χ4n) is 4.56. The van der Waals surface area contributed by atoms with Crippen molar-refractivity contribution in [3.05, 3.63) is 55.3 Å². The number of phenolic OH excluding ortho intramolecular Hbond substituents is 1. The van der Waals surface area contributed by atoms with Crippen LogP contribution in [0.1, 0.15) is 57.6 Å². The van der Waals surface area contributed by atoms with Gasteiger partial charge in [-0.3, -0.25) is 9.89 Å². The lowest BCUT2D eigenvalue weighted by molar-refractivity contribution is -0.136. The van der Waals surface area contributed by atoms with Crippen LogP contribution in [0.4, 0.5) is 0 Å². The number of aliphatic carboxylic acids is 1. The summed E-state index contributed by atoms with van der Waals surface area (Å²) in [7, 11) is -1.07. The van der Waals surface area contributed by atoms with Crippen LogP contribution < -0.4 is 9.47 Å². The van der Waals surface area contributed by atoms with Gasteiger partial charge in [0.1, 0.15) is 16.7 Å². The number of rotatable bonds is 4. The van der Waals surface area contributed by atoms with E-state index in [-0.39, 0.29) is 19.0 Å². The Balaban J connectivity index is 0.000000170. The Morgan fingerprint density at radius 2 is 1.67 bits per heavy atom. The van der Waals surface area contributed by atoms with Gasteiger partial charge in [-0.25, -0.2) is 8.51 Å². The summed E-state index contributed by atoms with van der Waals surface area (Å²) in [5.41, 5.74) is 1.25. The summed E-state index contributed by atoms with van der Waals surface area (Å²) < 4.78 is 24.5. The molecule has 39 heavy (non-hydrogen) atoms. The molecule has 10 heteroatoms. The molecular weight excluding hydrogens is 518 g/mol. The van der Waals surface area contributed by atoms with Crippen molar-refractivity contribution in [2.75, 3.05) is 19.9 Å². The van der Waals surface area contributed by atoms with Gasteiger partial charge in [0.15, 0.2) is 11.5 Å². The number of fused-ring (bicyclic) bond motifs is 2. The van der Waals surface area contributed by atoms with Crippen LogP contribution in [-0.2, 0) is 22.2 Å². The lowest BCUT2D eigenvalue weighted by Crippen LogP contribution is -2.23. The number of phenols is 1. The van der Waals surface area contributed by atoms with Gasteiger partial charge in [0.2, 0.25) is 6.79 Å². The molecule has 1 saturated heterocycles. The third kappa shape index (κ3) is 8.83. The van der Waals surface area contributed by atoms with E-state index in [9.17, 15) is 9.00 Å². The maximum Gasteiger partial charge on any atom is 0.309 e. The molecule has 1 unspecified atom stereocenters. The number of nitrogens with one attached hydrogen (secondary N) is 1. The van der Waals surface area contributed by atoms with Crippen molar-refractivity contribution in [1.82, 2.24) is 14.5 Å². The van der Waals surface area contributed by atoms with Gasteiger partial charge < -0.3 is 19.7 Å². The minimum Gasteiger partial charge on any atom is -0.508 e. The highest BCUT2D eigenvalue weighted by atomic mass is 32.2. The van der Waals surface area contributed by atoms with Gasteiger partial charge in [0, 0.05) is 24.5 Å². The average molecular weight is 558 g/mol. The van der Waals surface area contributed by atoms with Gasteiger partial charge in [-0.2, -0.15) is 5.10 Å². The molecule has 9 nitrogen and oxygen atoms in total. The second-order valence-electron chi connectivity index (χ2n) is 9.64. The van der Waals surface area contributed by atoms with E-state index in [0.717, 1.165) is 29.8 Å². The maximum atomic E-state index is 12.1. The van der Waals surface area contributed by atoms with Crippen molar-refractivity contribution in [3.63, 3.8) is 0 Å². The van der Waals surface area contributed by atoms with E-state index in [0.29, 0.717) is 28.6 Å². The number of hydrogen-bond donors (Lipinski definition) is 3. The number of hydrogen-bond acceptors (Lipinski definition) is 6. The summed E-state index contributed by atoms with van der Waals surface area (Å²) in [6, 6.07) is 10.1. The molecule has 2 atom stereocenters. The van der Waals surface area contributed by atoms with E-state index in [4.69, 9.17) is 19.7 Å². The van der Waals surface area contributed by atoms with Gasteiger partial charge in [-0.15, -0.1) is 13.2 Å². The van der Waals surface area contributed by atoms with Gasteiger partial charge in [0.05, 0.1) is 22.5 Å². The molecule has 2 fully saturated rings. The lowest BCUT2D eigenvalue weighted by atomic mass is 10.0. The Kier molecular flexibility index (Phi) is 11.8. The van der Waals surface area contributed by atoms with Crippen molar-refractivity contribution in [1.29, 1.82) is 0 Å². The number of carboxylic acid groups (broad SMARTS) is 1. The topological polar surface area (TPSA) is 125 Å². The first kappa shape index (κ1) is 30.2. The fourth-order valence-corrected chi connectivity index (χ4v) is 5.88. The standard InChI is InChI=1S/C11H15NO2S.C10H8N2O4.C6H12.C2H4/c1-9-6-7-12(8-9)15(14)11-4-2-10(13)3-5-11;13-10(14)3-7-5-1-8-9(16-4-15-8)2-6(5)11-12-7;1-2-4-6-5-3-1;1-2/h2-5,9,13H,6-8H2,1H3;1-2H,3-4H2,(H,11,12)(H,13,14);1-6H2;1-2H2/t9-,15?;;;/m0.../s1. The second-order valence-corrected chi connectivity index (χ2v) is 11.1. The number of carbonyl (C=O) groups is 1. The lowest BCUT2D eigenvalue weighted by Gasteiger charge is -2.14. The molecule has 3 N–H and O–H groups in total. The Labute approximate surface area is 232 Å². The molecule has 2 aliphatic heterocycles. The summed E-state index contributed by atoms with van der Waals surface area (Å²) in [5.74, 6) is 1.21. The van der Waals surface area contributed by atoms with Crippen LogP contribution in [-0.4, -0.2) is 54.8 Å². The zero-order chi connectivity index (χ0) is 28.2. The molecule has 1 aromatic heterocycles. The number of carboxylic acids is 1. The van der Waals surface area contributed by atoms with Crippen molar-refractivity contribution >= 4 is 27.9 Å². The molecule has 3 heterocycles. The van der Waals surface area contributed by atoms with Crippen molar-refractivity contribution in [2.45, 2.75) is 63.2 Å². The van der Waals surface area contributed by atoms with Crippen LogP contribution in [0.3, 0.4) is 0 Å². The van der Waals surface area contributed by atoms with Gasteiger partial charge in [0.25, 0.3) is 0 Å². The smallest absolute Gasteiger partial charge is 0.309 e. The van der Waals surface area contributed by atoms with E-state index in [1.807, 2.05) is 4.31 Å². The van der Waals surface area contributed by atoms with Crippen LogP contribution in [0.15, 0.2) is 54.5 Å². The van der Waals surface area contributed by atoms with Gasteiger partial charge in [-0.05, 0) is 42.7 Å². The molecule has 0 radical (unpaired) electrons. The highest BCUT2D eigenvalue weighted by Crippen LogP contribution is 2.36. The Morgan fingerprint density at radius 3 is 2.21 bits per heavy atom. The first-order valence-electron chi connectivity index (χ1n) is 13.3. The molecule has 0 bridgehead atoms. The highest BCUT2D eigenvalue weighted by molar-refractivity contribution is 7.82. The maximum absolute atomic E-state index is 12.1. The van der Waals surface area contributed by atoms with Crippen LogP contribution in [0.25, 0.3) is 10.9 Å². The normalized spacial score (nSPS) is 18.5. The van der Waals surface area contributed by atoms with Crippen LogP contribution >= 0.6 is 0 Å². The van der Waals surface area contributed by atoms with E-state index in [1.165, 1.54) is 38.5 Å². The first-order valence-corrected chi connectivity index (χ1v) is 14.5. The second kappa shape index (κ2) is 15.3. The molecule has 6 rings (SSSR count). The summed E-state index contributed by atoms with van der Waals surface area (Å²) in [6.45, 7) is 10.2. The number of ether oxygens (including phenoxy) is 2. The highest BCUT2D eigenvalue weighted by Gasteiger charge is 2.24. The van der Waals surface area contributed by atoms with E-state index < -0.39 is 17.0 Å². The minimum atomic E-state index is -1.07. The predicted octanol–water partition coefficient (Wildman–Crippen LogP) is 5.82. The molecular formula is C29H39N3O6S. The van der Waals surface area contributed by atoms with Crippen LogP contribution in [0, 0.1) is 5.92 Å². The Morgan fingerprint density at radius 1 is 1.08 bits per heavy atom. The van der Waals surface area contributed by atoms with Crippen LogP contribution in [0.2, 0.25) is 0 Å². The first-order chi connectivity index (χ1) is 18.9. The molecule has 1 saturated carbocycles. The summed E-state index contributed by atoms with van der Waals surface area (Å²) in [4.78, 5) is 11.4. The zero-order valence-corrected chi connectivity index (χ0v) is 23.4. The fraction of sp³-hybridized carbons (Fsp3) is 0.448. The predicted molar refractivity (Wildman–Crippen MR) is 152 cm³/mol. The number of aromatic nitrogens is 2. The number of benzene rings is 2. The van der Waals surface area contributed by atoms with Crippen molar-refractivity contribution in [2.24, 2.45) is 5.92 Å². The van der Waals surface area contributed by atoms with Crippen molar-refractivity contribution in [3.8, 4) is 17.2 Å². The largest absolute Gasteiger partial charge is 0.508 e. The van der Waals surface area contributed by atoms with E-state index >= 15 is 0 Å². The monoisotopic (exact) mass is 557 g/mol. The number of aromatic hydroxyl groups is 1. The zero-order valence-electron chi connectivity index (χ0n) is 22.6. The molecule has 1 aliphatic carbocycles. The minimum absolute atomic E-state index is 0.0872. The quantitative estimate of drug-likeness (QED) is 0.345. The third-order valence-electron chi connectivity index (χ3n) is 6.61. The Bertz CT molecular complexity index is 1210. The third-order valence-corrected chi connectivity index (χ3v) is 8.09. The summed E-state index contributed by atoms with van der Waals surface area (Å²) in [5, 5.41) is 25.4. The molecule has 0 amide bonds. The molecule has 212 valence electrons. The number of nitrogens with zero attached hydrogens (tertiary/aromatic N) is 2. The number of aromatic amines is 1. The molecule has 0 spiro atoms. The van der Waals surface area contributed by atoms with Crippen molar-refractivity contribution < 1.29 is 28.7 Å². The molecule has 2 aromatic carbocycles. The van der Waals surface area contributed by atoms with E-state index in [2.05, 4.69) is 30.3 Å². The number of H-pyrrole nitrogens is 1. The van der Waals surface area contributed by atoms with E-state index in [1.54, 1.807) is 36.4 Å². The summed E-state index contributed by atoms with van der Waals surface area (Å²) >= 11 is 0. The van der Waals surface area contributed by atoms with Gasteiger partial charge in [-0.1, -0.05) is 45.4 Å². The molecule has 3 aliphatic rings. The summed E-state index contributed by atoms with van der Waals surface area (Å²) in [6.07, 6.45) is 10.0.